The van der Waals surface area contributed by atoms with Crippen LogP contribution in [0.3, 0.4) is 0 Å². The molecular formula is C8H6BrF4NO. The standard InChI is InChI=1S/C8H6BrF4NO/c9-5-4(10)2-1-3(6(5)15)7(14)8(11,12)13/h1-2,7,15H,14H2/t7-/m1/s1. The van der Waals surface area contributed by atoms with Crippen LogP contribution in [-0.2, 0) is 0 Å². The van der Waals surface area contributed by atoms with Crippen LogP contribution in [0.5, 0.6) is 5.75 Å². The monoisotopic (exact) mass is 287 g/mol. The van der Waals surface area contributed by atoms with Gasteiger partial charge < -0.3 is 10.8 Å². The Morgan fingerprint density at radius 2 is 1.87 bits per heavy atom. The Kier molecular flexibility index (Phi) is 3.25. The summed E-state index contributed by atoms with van der Waals surface area (Å²) >= 11 is 2.62. The Labute approximate surface area is 90.8 Å². The highest BCUT2D eigenvalue weighted by atomic mass is 79.9. The van der Waals surface area contributed by atoms with E-state index >= 15 is 0 Å². The minimum absolute atomic E-state index is 0.431. The maximum atomic E-state index is 12.8. The Bertz CT molecular complexity index is 380. The lowest BCUT2D eigenvalue weighted by Gasteiger charge is -2.17. The predicted molar refractivity (Wildman–Crippen MR) is 48.7 cm³/mol. The van der Waals surface area contributed by atoms with E-state index in [1.807, 2.05) is 0 Å². The number of nitrogens with two attached hydrogens (primary N) is 1. The van der Waals surface area contributed by atoms with Gasteiger partial charge in [0.15, 0.2) is 0 Å². The second kappa shape index (κ2) is 3.97. The molecule has 0 aliphatic heterocycles. The highest BCUT2D eigenvalue weighted by molar-refractivity contribution is 9.10. The molecule has 0 fully saturated rings. The van der Waals surface area contributed by atoms with Crippen LogP contribution in [0.15, 0.2) is 16.6 Å². The molecule has 1 aromatic carbocycles. The number of phenolic OH excluding ortho intramolecular Hbond substituents is 1. The maximum Gasteiger partial charge on any atom is 0.407 e. The van der Waals surface area contributed by atoms with Crippen molar-refractivity contribution in [3.8, 4) is 5.75 Å². The molecule has 0 amide bonds. The van der Waals surface area contributed by atoms with Crippen molar-refractivity contribution < 1.29 is 22.7 Å². The molecule has 0 aliphatic rings. The van der Waals surface area contributed by atoms with Crippen molar-refractivity contribution in [1.82, 2.24) is 0 Å². The SMILES string of the molecule is N[C@H](c1ccc(F)c(Br)c1O)C(F)(F)F. The number of alkyl halides is 3. The minimum Gasteiger partial charge on any atom is -0.506 e. The number of rotatable bonds is 1. The molecule has 0 spiro atoms. The molecule has 0 heterocycles. The van der Waals surface area contributed by atoms with Crippen molar-refractivity contribution in [2.45, 2.75) is 12.2 Å². The van der Waals surface area contributed by atoms with Crippen LogP contribution in [0.1, 0.15) is 11.6 Å². The highest BCUT2D eigenvalue weighted by Crippen LogP contribution is 2.39. The first-order chi connectivity index (χ1) is 6.75. The molecule has 3 N–H and O–H groups in total. The summed E-state index contributed by atoms with van der Waals surface area (Å²) in [6.07, 6.45) is -4.69. The third-order valence-corrected chi connectivity index (χ3v) is 2.54. The first-order valence-electron chi connectivity index (χ1n) is 3.74. The van der Waals surface area contributed by atoms with Gasteiger partial charge in [0.2, 0.25) is 0 Å². The van der Waals surface area contributed by atoms with E-state index in [2.05, 4.69) is 15.9 Å². The van der Waals surface area contributed by atoms with E-state index in [1.165, 1.54) is 0 Å². The molecule has 0 aromatic heterocycles. The molecule has 0 saturated carbocycles. The molecule has 2 nitrogen and oxygen atoms in total. The van der Waals surface area contributed by atoms with Crippen molar-refractivity contribution in [3.05, 3.63) is 28.0 Å². The third-order valence-electron chi connectivity index (χ3n) is 1.79. The lowest BCUT2D eigenvalue weighted by molar-refractivity contribution is -0.149. The second-order valence-electron chi connectivity index (χ2n) is 2.82. The number of benzene rings is 1. The van der Waals surface area contributed by atoms with Gasteiger partial charge in [0.05, 0.1) is 4.47 Å². The lowest BCUT2D eigenvalue weighted by atomic mass is 10.1. The average molecular weight is 288 g/mol. The quantitative estimate of drug-likeness (QED) is 0.780. The van der Waals surface area contributed by atoms with E-state index in [0.717, 1.165) is 12.1 Å². The first kappa shape index (κ1) is 12.3. The summed E-state index contributed by atoms with van der Waals surface area (Å²) in [7, 11) is 0. The Hall–Kier alpha value is -0.820. The number of hydrogen-bond acceptors (Lipinski definition) is 2. The average Bonchev–Trinajstić information content (AvgIpc) is 2.12. The maximum absolute atomic E-state index is 12.8. The molecule has 1 rings (SSSR count). The Morgan fingerprint density at radius 3 is 2.33 bits per heavy atom. The van der Waals surface area contributed by atoms with E-state index in [-0.39, 0.29) is 0 Å². The molecule has 0 radical (unpaired) electrons. The van der Waals surface area contributed by atoms with Gasteiger partial charge in [-0.05, 0) is 22.0 Å². The topological polar surface area (TPSA) is 46.2 Å². The van der Waals surface area contributed by atoms with Crippen LogP contribution in [0.25, 0.3) is 0 Å². The fourth-order valence-corrected chi connectivity index (χ4v) is 1.34. The Morgan fingerprint density at radius 1 is 1.33 bits per heavy atom. The number of halogens is 5. The van der Waals surface area contributed by atoms with Crippen LogP contribution >= 0.6 is 15.9 Å². The summed E-state index contributed by atoms with van der Waals surface area (Å²) in [4.78, 5) is 0. The summed E-state index contributed by atoms with van der Waals surface area (Å²) in [5.41, 5.74) is 4.29. The summed E-state index contributed by atoms with van der Waals surface area (Å²) in [5.74, 6) is -1.69. The van der Waals surface area contributed by atoms with Crippen LogP contribution < -0.4 is 5.73 Å². The molecule has 0 saturated heterocycles. The molecular weight excluding hydrogens is 282 g/mol. The minimum atomic E-state index is -4.69. The van der Waals surface area contributed by atoms with Gasteiger partial charge in [0.1, 0.15) is 17.6 Å². The summed E-state index contributed by atoms with van der Waals surface area (Å²) in [6.45, 7) is 0. The number of aromatic hydroxyl groups is 1. The molecule has 1 atom stereocenters. The van der Waals surface area contributed by atoms with E-state index in [0.29, 0.717) is 0 Å². The van der Waals surface area contributed by atoms with Crippen molar-refractivity contribution in [1.29, 1.82) is 0 Å². The largest absolute Gasteiger partial charge is 0.506 e. The van der Waals surface area contributed by atoms with Gasteiger partial charge in [-0.15, -0.1) is 0 Å². The van der Waals surface area contributed by atoms with E-state index < -0.39 is 33.8 Å². The number of hydrogen-bond donors (Lipinski definition) is 2. The zero-order valence-corrected chi connectivity index (χ0v) is 8.73. The summed E-state index contributed by atoms with van der Waals surface area (Å²) in [6, 6.07) is -0.743. The van der Waals surface area contributed by atoms with Crippen molar-refractivity contribution >= 4 is 15.9 Å². The van der Waals surface area contributed by atoms with Crippen molar-refractivity contribution in [3.63, 3.8) is 0 Å². The van der Waals surface area contributed by atoms with Crippen molar-refractivity contribution in [2.24, 2.45) is 5.73 Å². The smallest absolute Gasteiger partial charge is 0.407 e. The van der Waals surface area contributed by atoms with Gasteiger partial charge in [0.25, 0.3) is 0 Å². The van der Waals surface area contributed by atoms with Gasteiger partial charge in [-0.1, -0.05) is 6.07 Å². The van der Waals surface area contributed by atoms with Gasteiger partial charge >= 0.3 is 6.18 Å². The van der Waals surface area contributed by atoms with Crippen molar-refractivity contribution in [2.75, 3.05) is 0 Å². The normalized spacial score (nSPS) is 14.0. The fraction of sp³-hybridized carbons (Fsp3) is 0.250. The Balaban J connectivity index is 3.23. The fourth-order valence-electron chi connectivity index (χ4n) is 0.982. The van der Waals surface area contributed by atoms with Gasteiger partial charge in [-0.25, -0.2) is 4.39 Å². The van der Waals surface area contributed by atoms with Gasteiger partial charge in [-0.2, -0.15) is 13.2 Å². The van der Waals surface area contributed by atoms with Crippen LogP contribution in [-0.4, -0.2) is 11.3 Å². The van der Waals surface area contributed by atoms with Gasteiger partial charge in [0, 0.05) is 5.56 Å². The molecule has 7 heteroatoms. The van der Waals surface area contributed by atoms with Crippen LogP contribution in [0.4, 0.5) is 17.6 Å². The molecule has 84 valence electrons. The van der Waals surface area contributed by atoms with Gasteiger partial charge in [-0.3, -0.25) is 0 Å². The zero-order chi connectivity index (χ0) is 11.8. The number of phenols is 1. The molecule has 15 heavy (non-hydrogen) atoms. The molecule has 0 bridgehead atoms. The second-order valence-corrected chi connectivity index (χ2v) is 3.61. The molecule has 1 aromatic rings. The lowest BCUT2D eigenvalue weighted by Crippen LogP contribution is -2.28. The molecule has 0 unspecified atom stereocenters. The van der Waals surface area contributed by atoms with E-state index in [4.69, 9.17) is 5.73 Å². The molecule has 0 aliphatic carbocycles. The zero-order valence-electron chi connectivity index (χ0n) is 7.15. The van der Waals surface area contributed by atoms with E-state index in [9.17, 15) is 22.7 Å². The predicted octanol–water partition coefficient (Wildman–Crippen LogP) is 2.86. The highest BCUT2D eigenvalue weighted by Gasteiger charge is 2.39. The first-order valence-corrected chi connectivity index (χ1v) is 4.53. The summed E-state index contributed by atoms with van der Waals surface area (Å²) in [5, 5.41) is 9.25. The summed E-state index contributed by atoms with van der Waals surface area (Å²) < 4.78 is 49.0. The van der Waals surface area contributed by atoms with E-state index in [1.54, 1.807) is 0 Å². The van der Waals surface area contributed by atoms with Crippen LogP contribution in [0, 0.1) is 5.82 Å². The third kappa shape index (κ3) is 2.40. The van der Waals surface area contributed by atoms with Crippen LogP contribution in [0.2, 0.25) is 0 Å².